The summed E-state index contributed by atoms with van der Waals surface area (Å²) < 4.78 is 46.8. The summed E-state index contributed by atoms with van der Waals surface area (Å²) in [4.78, 5) is 39.0. The van der Waals surface area contributed by atoms with Crippen LogP contribution in [-0.4, -0.2) is 28.7 Å². The van der Waals surface area contributed by atoms with Crippen molar-refractivity contribution in [2.45, 2.75) is 38.9 Å². The SMILES string of the molecule is CCCCn1cc(C(=O)NCCc2ccccc2OC)c(=O)n(-c2cccc(C(F)(F)F)c2)c1=O. The van der Waals surface area contributed by atoms with E-state index in [1.165, 1.54) is 23.9 Å². The third kappa shape index (κ3) is 6.00. The number of hydrogen-bond acceptors (Lipinski definition) is 4. The van der Waals surface area contributed by atoms with Gasteiger partial charge in [0.1, 0.15) is 11.3 Å². The molecule has 1 heterocycles. The van der Waals surface area contributed by atoms with Crippen LogP contribution < -0.4 is 21.3 Å². The van der Waals surface area contributed by atoms with Gasteiger partial charge in [0.15, 0.2) is 0 Å². The maximum absolute atomic E-state index is 13.2. The number of para-hydroxylation sites is 1. The Morgan fingerprint density at radius 3 is 2.51 bits per heavy atom. The maximum Gasteiger partial charge on any atom is 0.416 e. The molecule has 0 bridgehead atoms. The molecule has 0 saturated carbocycles. The van der Waals surface area contributed by atoms with Crippen molar-refractivity contribution >= 4 is 5.91 Å². The highest BCUT2D eigenvalue weighted by atomic mass is 19.4. The van der Waals surface area contributed by atoms with Gasteiger partial charge in [-0.15, -0.1) is 0 Å². The third-order valence-electron chi connectivity index (χ3n) is 5.46. The van der Waals surface area contributed by atoms with Gasteiger partial charge in [0.2, 0.25) is 0 Å². The average molecular weight is 489 g/mol. The first kappa shape index (κ1) is 25.8. The van der Waals surface area contributed by atoms with E-state index in [0.717, 1.165) is 30.2 Å². The molecule has 1 N–H and O–H groups in total. The van der Waals surface area contributed by atoms with Crippen molar-refractivity contribution in [2.24, 2.45) is 0 Å². The van der Waals surface area contributed by atoms with Crippen LogP contribution in [0.25, 0.3) is 5.69 Å². The maximum atomic E-state index is 13.2. The van der Waals surface area contributed by atoms with Crippen molar-refractivity contribution in [1.29, 1.82) is 0 Å². The van der Waals surface area contributed by atoms with Gasteiger partial charge in [-0.25, -0.2) is 9.36 Å². The van der Waals surface area contributed by atoms with Crippen LogP contribution >= 0.6 is 0 Å². The predicted molar refractivity (Wildman–Crippen MR) is 125 cm³/mol. The molecule has 7 nitrogen and oxygen atoms in total. The third-order valence-corrected chi connectivity index (χ3v) is 5.46. The van der Waals surface area contributed by atoms with Crippen molar-refractivity contribution < 1.29 is 22.7 Å². The number of nitrogens with one attached hydrogen (secondary N) is 1. The first-order valence-corrected chi connectivity index (χ1v) is 11.1. The molecule has 0 unspecified atom stereocenters. The Morgan fingerprint density at radius 1 is 1.09 bits per heavy atom. The molecule has 3 aromatic rings. The monoisotopic (exact) mass is 489 g/mol. The Balaban J connectivity index is 1.98. The number of nitrogens with zero attached hydrogens (tertiary/aromatic N) is 2. The van der Waals surface area contributed by atoms with Gasteiger partial charge >= 0.3 is 11.9 Å². The van der Waals surface area contributed by atoms with Crippen LogP contribution in [-0.2, 0) is 19.1 Å². The predicted octanol–water partition coefficient (Wildman–Crippen LogP) is 3.80. The van der Waals surface area contributed by atoms with E-state index >= 15 is 0 Å². The number of carbonyl (C=O) groups excluding carboxylic acids is 1. The standard InChI is InChI=1S/C25H26F3N3O4/c1-3-4-14-30-16-20(22(32)29-13-12-17-8-5-6-11-21(17)35-2)23(33)31(24(30)34)19-10-7-9-18(15-19)25(26,27)28/h5-11,15-16H,3-4,12-14H2,1-2H3,(H,29,32). The van der Waals surface area contributed by atoms with Gasteiger partial charge in [-0.05, 0) is 42.7 Å². The first-order valence-electron chi connectivity index (χ1n) is 11.1. The molecular weight excluding hydrogens is 463 g/mol. The number of methoxy groups -OCH3 is 1. The van der Waals surface area contributed by atoms with Gasteiger partial charge in [0.05, 0.1) is 18.4 Å². The first-order chi connectivity index (χ1) is 16.7. The van der Waals surface area contributed by atoms with Crippen molar-refractivity contribution in [3.63, 3.8) is 0 Å². The molecule has 0 fully saturated rings. The summed E-state index contributed by atoms with van der Waals surface area (Å²) in [7, 11) is 1.53. The Bertz CT molecular complexity index is 1310. The second kappa shape index (κ2) is 11.1. The highest BCUT2D eigenvalue weighted by molar-refractivity contribution is 5.93. The summed E-state index contributed by atoms with van der Waals surface area (Å²) in [6.45, 7) is 2.28. The zero-order valence-corrected chi connectivity index (χ0v) is 19.4. The van der Waals surface area contributed by atoms with Crippen LogP contribution in [0.4, 0.5) is 13.2 Å². The highest BCUT2D eigenvalue weighted by Gasteiger charge is 2.31. The lowest BCUT2D eigenvalue weighted by atomic mass is 10.1. The number of ether oxygens (including phenoxy) is 1. The normalized spacial score (nSPS) is 11.3. The van der Waals surface area contributed by atoms with E-state index in [0.29, 0.717) is 23.2 Å². The topological polar surface area (TPSA) is 82.3 Å². The van der Waals surface area contributed by atoms with Crippen LogP contribution in [0, 0.1) is 0 Å². The molecule has 3 rings (SSSR count). The zero-order chi connectivity index (χ0) is 25.6. The molecule has 0 radical (unpaired) electrons. The van der Waals surface area contributed by atoms with Crippen LogP contribution in [0.2, 0.25) is 0 Å². The molecule has 0 atom stereocenters. The van der Waals surface area contributed by atoms with Crippen LogP contribution in [0.1, 0.15) is 41.3 Å². The van der Waals surface area contributed by atoms with E-state index in [-0.39, 0.29) is 24.3 Å². The fourth-order valence-corrected chi connectivity index (χ4v) is 3.61. The lowest BCUT2D eigenvalue weighted by Gasteiger charge is -2.15. The molecule has 35 heavy (non-hydrogen) atoms. The van der Waals surface area contributed by atoms with Gasteiger partial charge in [-0.3, -0.25) is 14.2 Å². The molecule has 1 aromatic heterocycles. The quantitative estimate of drug-likeness (QED) is 0.496. The van der Waals surface area contributed by atoms with Gasteiger partial charge in [0.25, 0.3) is 11.5 Å². The number of unbranched alkanes of at least 4 members (excludes halogenated alkanes) is 1. The second-order valence-electron chi connectivity index (χ2n) is 7.88. The molecule has 2 aromatic carbocycles. The number of alkyl halides is 3. The number of carbonyl (C=O) groups is 1. The highest BCUT2D eigenvalue weighted by Crippen LogP contribution is 2.30. The van der Waals surface area contributed by atoms with E-state index < -0.39 is 28.9 Å². The Hall–Kier alpha value is -3.82. The molecular formula is C25H26F3N3O4. The molecule has 0 aliphatic heterocycles. The van der Waals surface area contributed by atoms with Crippen LogP contribution in [0.3, 0.4) is 0 Å². The lowest BCUT2D eigenvalue weighted by molar-refractivity contribution is -0.137. The van der Waals surface area contributed by atoms with Gasteiger partial charge < -0.3 is 10.1 Å². The number of halogens is 3. The van der Waals surface area contributed by atoms with E-state index in [1.54, 1.807) is 6.07 Å². The Kier molecular flexibility index (Phi) is 8.16. The van der Waals surface area contributed by atoms with Crippen molar-refractivity contribution in [3.8, 4) is 11.4 Å². The molecule has 1 amide bonds. The van der Waals surface area contributed by atoms with Crippen molar-refractivity contribution in [1.82, 2.24) is 14.5 Å². The Morgan fingerprint density at radius 2 is 1.83 bits per heavy atom. The summed E-state index contributed by atoms with van der Waals surface area (Å²) in [5.41, 5.74) is -2.55. The number of benzene rings is 2. The fraction of sp³-hybridized carbons (Fsp3) is 0.320. The summed E-state index contributed by atoms with van der Waals surface area (Å²) >= 11 is 0. The molecule has 0 saturated heterocycles. The van der Waals surface area contributed by atoms with Crippen LogP contribution in [0.15, 0.2) is 64.3 Å². The summed E-state index contributed by atoms with van der Waals surface area (Å²) in [6, 6.07) is 11.2. The fourth-order valence-electron chi connectivity index (χ4n) is 3.61. The van der Waals surface area contributed by atoms with Gasteiger partial charge in [0, 0.05) is 19.3 Å². The van der Waals surface area contributed by atoms with E-state index in [9.17, 15) is 27.6 Å². The van der Waals surface area contributed by atoms with Crippen molar-refractivity contribution in [3.05, 3.63) is 92.3 Å². The number of aryl methyl sites for hydroxylation is 1. The molecule has 10 heteroatoms. The van der Waals surface area contributed by atoms with Gasteiger partial charge in [-0.2, -0.15) is 13.2 Å². The van der Waals surface area contributed by atoms with E-state index in [4.69, 9.17) is 4.74 Å². The molecule has 0 spiro atoms. The zero-order valence-electron chi connectivity index (χ0n) is 19.4. The average Bonchev–Trinajstić information content (AvgIpc) is 2.83. The number of hydrogen-bond donors (Lipinski definition) is 1. The number of aromatic nitrogens is 2. The molecule has 186 valence electrons. The van der Waals surface area contributed by atoms with Crippen molar-refractivity contribution in [2.75, 3.05) is 13.7 Å². The largest absolute Gasteiger partial charge is 0.496 e. The van der Waals surface area contributed by atoms with Crippen LogP contribution in [0.5, 0.6) is 5.75 Å². The minimum absolute atomic E-state index is 0.177. The minimum atomic E-state index is -4.66. The Labute approximate surface area is 199 Å². The summed E-state index contributed by atoms with van der Waals surface area (Å²) in [5.74, 6) is -0.0716. The summed E-state index contributed by atoms with van der Waals surface area (Å²) in [5, 5.41) is 2.65. The van der Waals surface area contributed by atoms with Gasteiger partial charge in [-0.1, -0.05) is 37.6 Å². The molecule has 0 aliphatic rings. The second-order valence-corrected chi connectivity index (χ2v) is 7.88. The number of amides is 1. The summed E-state index contributed by atoms with van der Waals surface area (Å²) in [6.07, 6.45) is -1.75. The lowest BCUT2D eigenvalue weighted by Crippen LogP contribution is -2.43. The smallest absolute Gasteiger partial charge is 0.416 e. The minimum Gasteiger partial charge on any atom is -0.496 e. The number of rotatable bonds is 9. The molecule has 0 aliphatic carbocycles. The van der Waals surface area contributed by atoms with E-state index in [1.807, 2.05) is 25.1 Å². The van der Waals surface area contributed by atoms with E-state index in [2.05, 4.69) is 5.32 Å².